The van der Waals surface area contributed by atoms with Crippen molar-refractivity contribution in [2.24, 2.45) is 0 Å². The van der Waals surface area contributed by atoms with Crippen molar-refractivity contribution in [2.45, 2.75) is 13.3 Å². The molecule has 0 aliphatic carbocycles. The van der Waals surface area contributed by atoms with E-state index >= 15 is 0 Å². The smallest absolute Gasteiger partial charge is 0.238 e. The van der Waals surface area contributed by atoms with Crippen molar-refractivity contribution < 1.29 is 9.53 Å². The molecule has 2 aromatic heterocycles. The highest BCUT2D eigenvalue weighted by molar-refractivity contribution is 6.30. The van der Waals surface area contributed by atoms with Crippen LogP contribution in [0.5, 0.6) is 11.6 Å². The molecule has 4 rings (SSSR count). The van der Waals surface area contributed by atoms with Crippen LogP contribution in [0.15, 0.2) is 72.9 Å². The van der Waals surface area contributed by atoms with E-state index < -0.39 is 0 Å². The third kappa shape index (κ3) is 5.01. The molecule has 30 heavy (non-hydrogen) atoms. The van der Waals surface area contributed by atoms with E-state index in [-0.39, 0.29) is 12.3 Å². The number of halogens is 1. The van der Waals surface area contributed by atoms with Crippen molar-refractivity contribution in [1.29, 1.82) is 0 Å². The zero-order valence-electron chi connectivity index (χ0n) is 16.1. The van der Waals surface area contributed by atoms with Gasteiger partial charge < -0.3 is 10.1 Å². The highest BCUT2D eigenvalue weighted by atomic mass is 35.5. The molecule has 1 amide bonds. The Morgan fingerprint density at radius 1 is 1.00 bits per heavy atom. The molecule has 1 N–H and O–H groups in total. The van der Waals surface area contributed by atoms with E-state index in [9.17, 15) is 4.79 Å². The number of anilines is 1. The maximum absolute atomic E-state index is 12.2. The number of benzene rings is 2. The highest BCUT2D eigenvalue weighted by Gasteiger charge is 2.06. The van der Waals surface area contributed by atoms with E-state index in [0.717, 1.165) is 11.3 Å². The first-order valence-electron chi connectivity index (χ1n) is 9.24. The minimum Gasteiger partial charge on any atom is -0.438 e. The highest BCUT2D eigenvalue weighted by Crippen LogP contribution is 2.21. The number of aromatic nitrogens is 4. The van der Waals surface area contributed by atoms with Crippen LogP contribution in [-0.4, -0.2) is 25.9 Å². The summed E-state index contributed by atoms with van der Waals surface area (Å²) in [7, 11) is 0. The Bertz CT molecular complexity index is 1140. The van der Waals surface area contributed by atoms with Gasteiger partial charge in [0.25, 0.3) is 0 Å². The average Bonchev–Trinajstić information content (AvgIpc) is 3.18. The van der Waals surface area contributed by atoms with Gasteiger partial charge in [0, 0.05) is 23.0 Å². The standard InChI is InChI=1S/C22H18ClN5O2/c1-15-12-13-28(27-15)20-10-11-22(26-25-20)30-19-8-6-18(7-9-19)24-21(29)14-16-2-4-17(23)5-3-16/h2-13H,14H2,1H3,(H,24,29). The normalized spacial score (nSPS) is 10.6. The molecule has 0 saturated heterocycles. The molecule has 0 atom stereocenters. The monoisotopic (exact) mass is 419 g/mol. The molecule has 0 radical (unpaired) electrons. The first kappa shape index (κ1) is 19.6. The number of nitrogens with one attached hydrogen (secondary N) is 1. The van der Waals surface area contributed by atoms with Crippen LogP contribution in [0.25, 0.3) is 5.82 Å². The van der Waals surface area contributed by atoms with Gasteiger partial charge >= 0.3 is 0 Å². The molecule has 4 aromatic rings. The number of hydrogen-bond donors (Lipinski definition) is 1. The van der Waals surface area contributed by atoms with Gasteiger partial charge in [-0.05, 0) is 61.0 Å². The van der Waals surface area contributed by atoms with Crippen LogP contribution in [0.3, 0.4) is 0 Å². The van der Waals surface area contributed by atoms with Gasteiger partial charge in [0.15, 0.2) is 5.82 Å². The molecule has 0 bridgehead atoms. The maximum atomic E-state index is 12.2. The van der Waals surface area contributed by atoms with Crippen LogP contribution >= 0.6 is 11.6 Å². The van der Waals surface area contributed by atoms with Crippen LogP contribution < -0.4 is 10.1 Å². The molecule has 8 heteroatoms. The summed E-state index contributed by atoms with van der Waals surface area (Å²) in [5.74, 6) is 1.44. The molecule has 2 aromatic carbocycles. The number of rotatable bonds is 6. The topological polar surface area (TPSA) is 81.9 Å². The second-order valence-electron chi connectivity index (χ2n) is 6.61. The van der Waals surface area contributed by atoms with E-state index in [1.807, 2.05) is 31.3 Å². The minimum atomic E-state index is -0.110. The number of carbonyl (C=O) groups is 1. The van der Waals surface area contributed by atoms with Crippen LogP contribution in [0.2, 0.25) is 5.02 Å². The molecule has 0 unspecified atom stereocenters. The summed E-state index contributed by atoms with van der Waals surface area (Å²) in [6.07, 6.45) is 2.09. The van der Waals surface area contributed by atoms with E-state index in [2.05, 4.69) is 20.6 Å². The molecule has 0 saturated carbocycles. The Kier molecular flexibility index (Phi) is 5.72. The number of ether oxygens (including phenoxy) is 1. The molecule has 2 heterocycles. The summed E-state index contributed by atoms with van der Waals surface area (Å²) in [5.41, 5.74) is 2.47. The average molecular weight is 420 g/mol. The van der Waals surface area contributed by atoms with Gasteiger partial charge in [-0.3, -0.25) is 4.79 Å². The Balaban J connectivity index is 1.34. The van der Waals surface area contributed by atoms with Gasteiger partial charge in [0.05, 0.1) is 12.1 Å². The molecular formula is C22H18ClN5O2. The number of amides is 1. The third-order valence-corrected chi connectivity index (χ3v) is 4.47. The molecule has 0 aliphatic rings. The Morgan fingerprint density at radius 3 is 2.40 bits per heavy atom. The predicted molar refractivity (Wildman–Crippen MR) is 114 cm³/mol. The lowest BCUT2D eigenvalue weighted by atomic mass is 10.1. The van der Waals surface area contributed by atoms with Crippen molar-refractivity contribution >= 4 is 23.2 Å². The second-order valence-corrected chi connectivity index (χ2v) is 7.05. The number of hydrogen-bond acceptors (Lipinski definition) is 5. The van der Waals surface area contributed by atoms with Gasteiger partial charge in [0.2, 0.25) is 11.8 Å². The minimum absolute atomic E-state index is 0.110. The van der Waals surface area contributed by atoms with Crippen LogP contribution in [0.1, 0.15) is 11.3 Å². The second kappa shape index (κ2) is 8.75. The zero-order valence-corrected chi connectivity index (χ0v) is 16.9. The Hall–Kier alpha value is -3.71. The first-order valence-corrected chi connectivity index (χ1v) is 9.61. The lowest BCUT2D eigenvalue weighted by Gasteiger charge is -2.08. The Labute approximate surface area is 178 Å². The summed E-state index contributed by atoms with van der Waals surface area (Å²) in [5, 5.41) is 16.0. The summed E-state index contributed by atoms with van der Waals surface area (Å²) in [6, 6.07) is 19.6. The van der Waals surface area contributed by atoms with Gasteiger partial charge in [-0.15, -0.1) is 10.2 Å². The summed E-state index contributed by atoms with van der Waals surface area (Å²) in [6.45, 7) is 1.91. The molecule has 150 valence electrons. The summed E-state index contributed by atoms with van der Waals surface area (Å²) >= 11 is 5.86. The number of nitrogens with zero attached hydrogens (tertiary/aromatic N) is 4. The van der Waals surface area contributed by atoms with Crippen molar-refractivity contribution in [3.8, 4) is 17.4 Å². The van der Waals surface area contributed by atoms with Crippen LogP contribution in [0, 0.1) is 6.92 Å². The molecule has 0 fully saturated rings. The predicted octanol–water partition coefficient (Wildman–Crippen LogP) is 4.60. The Morgan fingerprint density at radius 2 is 1.77 bits per heavy atom. The quantitative estimate of drug-likeness (QED) is 0.494. The summed E-state index contributed by atoms with van der Waals surface area (Å²) in [4.78, 5) is 12.2. The van der Waals surface area contributed by atoms with Crippen molar-refractivity contribution in [3.63, 3.8) is 0 Å². The largest absolute Gasteiger partial charge is 0.438 e. The van der Waals surface area contributed by atoms with E-state index in [1.165, 1.54) is 0 Å². The van der Waals surface area contributed by atoms with E-state index in [0.29, 0.717) is 28.2 Å². The molecule has 0 spiro atoms. The van der Waals surface area contributed by atoms with E-state index in [1.54, 1.807) is 53.2 Å². The number of aryl methyl sites for hydroxylation is 1. The van der Waals surface area contributed by atoms with Crippen LogP contribution in [-0.2, 0) is 11.2 Å². The van der Waals surface area contributed by atoms with Crippen molar-refractivity contribution in [1.82, 2.24) is 20.0 Å². The first-order chi connectivity index (χ1) is 14.5. The maximum Gasteiger partial charge on any atom is 0.238 e. The lowest BCUT2D eigenvalue weighted by molar-refractivity contribution is -0.115. The van der Waals surface area contributed by atoms with Gasteiger partial charge in [-0.2, -0.15) is 5.10 Å². The number of carbonyl (C=O) groups excluding carboxylic acids is 1. The molecular weight excluding hydrogens is 402 g/mol. The van der Waals surface area contributed by atoms with Crippen LogP contribution in [0.4, 0.5) is 5.69 Å². The van der Waals surface area contributed by atoms with Crippen molar-refractivity contribution in [2.75, 3.05) is 5.32 Å². The SMILES string of the molecule is Cc1ccn(-c2ccc(Oc3ccc(NC(=O)Cc4ccc(Cl)cc4)cc3)nn2)n1. The van der Waals surface area contributed by atoms with Gasteiger partial charge in [-0.25, -0.2) is 4.68 Å². The van der Waals surface area contributed by atoms with Gasteiger partial charge in [0.1, 0.15) is 5.75 Å². The van der Waals surface area contributed by atoms with E-state index in [4.69, 9.17) is 16.3 Å². The molecule has 0 aliphatic heterocycles. The van der Waals surface area contributed by atoms with Crippen molar-refractivity contribution in [3.05, 3.63) is 89.2 Å². The fourth-order valence-corrected chi connectivity index (χ4v) is 2.88. The summed E-state index contributed by atoms with van der Waals surface area (Å²) < 4.78 is 7.36. The van der Waals surface area contributed by atoms with Gasteiger partial charge in [-0.1, -0.05) is 23.7 Å². The lowest BCUT2D eigenvalue weighted by Crippen LogP contribution is -2.14. The zero-order chi connectivity index (χ0) is 20.9. The fourth-order valence-electron chi connectivity index (χ4n) is 2.75. The third-order valence-electron chi connectivity index (χ3n) is 4.22. The molecule has 7 nitrogen and oxygen atoms in total. The fraction of sp³-hybridized carbons (Fsp3) is 0.0909.